The summed E-state index contributed by atoms with van der Waals surface area (Å²) in [5, 5.41) is 7.81. The Balaban J connectivity index is 1.84. The molecule has 0 aliphatic heterocycles. The van der Waals surface area contributed by atoms with Gasteiger partial charge in [0.2, 0.25) is 0 Å². The van der Waals surface area contributed by atoms with Crippen LogP contribution in [0.25, 0.3) is 21.3 Å². The molecule has 0 saturated carbocycles. The van der Waals surface area contributed by atoms with Gasteiger partial charge in [-0.3, -0.25) is 0 Å². The van der Waals surface area contributed by atoms with Crippen molar-refractivity contribution in [2.45, 2.75) is 0 Å². The second-order valence-electron chi connectivity index (χ2n) is 5.19. The maximum atomic E-state index is 6.07. The Bertz CT molecular complexity index is 1010. The van der Waals surface area contributed by atoms with Gasteiger partial charge in [-0.15, -0.1) is 11.3 Å². The molecule has 2 aromatic carbocycles. The lowest BCUT2D eigenvalue weighted by Gasteiger charge is -2.09. The minimum atomic E-state index is 0.675. The molecule has 0 unspecified atom stereocenters. The third-order valence-corrected chi connectivity index (χ3v) is 4.99. The number of hydrogen-bond donors (Lipinski definition) is 1. The summed E-state index contributed by atoms with van der Waals surface area (Å²) >= 11 is 13.7. The summed E-state index contributed by atoms with van der Waals surface area (Å²) in [6.45, 7) is 0. The quantitative estimate of drug-likeness (QED) is 0.452. The topological polar surface area (TPSA) is 37.8 Å². The number of halogens is 2. The summed E-state index contributed by atoms with van der Waals surface area (Å²) in [6.07, 6.45) is 1.57. The van der Waals surface area contributed by atoms with Crippen LogP contribution >= 0.6 is 34.5 Å². The Kier molecular flexibility index (Phi) is 4.10. The minimum absolute atomic E-state index is 0.675. The third kappa shape index (κ3) is 2.96. The van der Waals surface area contributed by atoms with Crippen LogP contribution < -0.4 is 5.32 Å². The molecule has 0 saturated heterocycles. The van der Waals surface area contributed by atoms with Crippen LogP contribution in [-0.4, -0.2) is 9.97 Å². The molecule has 1 N–H and O–H groups in total. The normalized spacial score (nSPS) is 10.9. The zero-order chi connectivity index (χ0) is 16.5. The zero-order valence-corrected chi connectivity index (χ0v) is 14.7. The highest BCUT2D eigenvalue weighted by Crippen LogP contribution is 2.37. The van der Waals surface area contributed by atoms with E-state index >= 15 is 0 Å². The highest BCUT2D eigenvalue weighted by molar-refractivity contribution is 7.17. The first-order valence-corrected chi connectivity index (χ1v) is 8.85. The Morgan fingerprint density at radius 3 is 2.54 bits per heavy atom. The van der Waals surface area contributed by atoms with E-state index in [1.807, 2.05) is 48.5 Å². The number of hydrogen-bond acceptors (Lipinski definition) is 4. The largest absolute Gasteiger partial charge is 0.340 e. The van der Waals surface area contributed by atoms with E-state index in [9.17, 15) is 0 Å². The van der Waals surface area contributed by atoms with E-state index in [0.29, 0.717) is 10.0 Å². The number of aromatic nitrogens is 2. The van der Waals surface area contributed by atoms with Crippen LogP contribution in [0, 0.1) is 0 Å². The van der Waals surface area contributed by atoms with Crippen LogP contribution in [0.4, 0.5) is 11.5 Å². The van der Waals surface area contributed by atoms with Gasteiger partial charge in [0.15, 0.2) is 0 Å². The Morgan fingerprint density at radius 2 is 1.75 bits per heavy atom. The molecular formula is C18H11Cl2N3S. The summed E-state index contributed by atoms with van der Waals surface area (Å²) in [5.41, 5.74) is 3.04. The van der Waals surface area contributed by atoms with E-state index < -0.39 is 0 Å². The molecule has 4 rings (SSSR count). The van der Waals surface area contributed by atoms with Crippen molar-refractivity contribution in [3.8, 4) is 11.1 Å². The smallest absolute Gasteiger partial charge is 0.143 e. The summed E-state index contributed by atoms with van der Waals surface area (Å²) in [6, 6.07) is 15.3. The number of benzene rings is 2. The van der Waals surface area contributed by atoms with E-state index in [-0.39, 0.29) is 0 Å². The fourth-order valence-corrected chi connectivity index (χ4v) is 3.75. The van der Waals surface area contributed by atoms with Gasteiger partial charge in [0.25, 0.3) is 0 Å². The van der Waals surface area contributed by atoms with Gasteiger partial charge in [0.05, 0.1) is 5.39 Å². The number of nitrogens with zero attached hydrogens (tertiary/aromatic N) is 2. The molecule has 0 fully saturated rings. The highest BCUT2D eigenvalue weighted by atomic mass is 35.5. The van der Waals surface area contributed by atoms with Crippen molar-refractivity contribution in [2.75, 3.05) is 5.32 Å². The lowest BCUT2D eigenvalue weighted by molar-refractivity contribution is 1.23. The van der Waals surface area contributed by atoms with Gasteiger partial charge < -0.3 is 5.32 Å². The Hall–Kier alpha value is -2.14. The molecule has 0 bridgehead atoms. The summed E-state index contributed by atoms with van der Waals surface area (Å²) in [7, 11) is 0. The highest BCUT2D eigenvalue weighted by Gasteiger charge is 2.13. The van der Waals surface area contributed by atoms with Gasteiger partial charge in [-0.2, -0.15) is 0 Å². The van der Waals surface area contributed by atoms with Crippen molar-refractivity contribution in [2.24, 2.45) is 0 Å². The standard InChI is InChI=1S/C18H11Cl2N3S/c19-12-6-4-11(5-7-12)15-9-24-18-16(15)17(21-10-22-18)23-14-3-1-2-13(20)8-14/h1-10H,(H,21,22,23). The summed E-state index contributed by atoms with van der Waals surface area (Å²) in [5.74, 6) is 0.758. The number of nitrogens with one attached hydrogen (secondary N) is 1. The fraction of sp³-hybridized carbons (Fsp3) is 0. The van der Waals surface area contributed by atoms with E-state index in [0.717, 1.165) is 32.8 Å². The van der Waals surface area contributed by atoms with E-state index in [1.54, 1.807) is 17.7 Å². The monoisotopic (exact) mass is 371 g/mol. The summed E-state index contributed by atoms with van der Waals surface area (Å²) < 4.78 is 0. The molecule has 2 aromatic heterocycles. The zero-order valence-electron chi connectivity index (χ0n) is 12.3. The lowest BCUT2D eigenvalue weighted by Crippen LogP contribution is -1.95. The first-order valence-electron chi connectivity index (χ1n) is 7.21. The molecule has 3 nitrogen and oxygen atoms in total. The average Bonchev–Trinajstić information content (AvgIpc) is 3.01. The SMILES string of the molecule is Clc1ccc(-c2csc3ncnc(Nc4cccc(Cl)c4)c23)cc1. The van der Waals surface area contributed by atoms with Gasteiger partial charge in [0.1, 0.15) is 17.0 Å². The van der Waals surface area contributed by atoms with Crippen LogP contribution in [-0.2, 0) is 0 Å². The van der Waals surface area contributed by atoms with Crippen molar-refractivity contribution in [3.05, 3.63) is 70.3 Å². The molecule has 0 atom stereocenters. The molecule has 24 heavy (non-hydrogen) atoms. The molecule has 2 heterocycles. The van der Waals surface area contributed by atoms with Crippen molar-refractivity contribution < 1.29 is 0 Å². The Labute approximate surface area is 152 Å². The number of fused-ring (bicyclic) bond motifs is 1. The molecule has 0 aliphatic rings. The predicted molar refractivity (Wildman–Crippen MR) is 103 cm³/mol. The number of rotatable bonds is 3. The second-order valence-corrected chi connectivity index (χ2v) is 6.93. The van der Waals surface area contributed by atoms with E-state index in [4.69, 9.17) is 23.2 Å². The van der Waals surface area contributed by atoms with Gasteiger partial charge in [-0.1, -0.05) is 41.4 Å². The van der Waals surface area contributed by atoms with E-state index in [1.165, 1.54) is 0 Å². The van der Waals surface area contributed by atoms with Gasteiger partial charge in [-0.25, -0.2) is 9.97 Å². The van der Waals surface area contributed by atoms with Gasteiger partial charge >= 0.3 is 0 Å². The molecule has 6 heteroatoms. The van der Waals surface area contributed by atoms with Crippen molar-refractivity contribution in [3.63, 3.8) is 0 Å². The second kappa shape index (κ2) is 6.40. The fourth-order valence-electron chi connectivity index (χ4n) is 2.51. The number of thiophene rings is 1. The summed E-state index contributed by atoms with van der Waals surface area (Å²) in [4.78, 5) is 9.73. The van der Waals surface area contributed by atoms with Gasteiger partial charge in [0, 0.05) is 26.7 Å². The lowest BCUT2D eigenvalue weighted by atomic mass is 10.1. The maximum absolute atomic E-state index is 6.07. The maximum Gasteiger partial charge on any atom is 0.143 e. The molecule has 118 valence electrons. The molecule has 0 spiro atoms. The Morgan fingerprint density at radius 1 is 0.917 bits per heavy atom. The average molecular weight is 372 g/mol. The predicted octanol–water partition coefficient (Wildman–Crippen LogP) is 6.41. The molecule has 0 aliphatic carbocycles. The van der Waals surface area contributed by atoms with Crippen molar-refractivity contribution in [1.82, 2.24) is 9.97 Å². The number of anilines is 2. The molecule has 4 aromatic rings. The molecule has 0 amide bonds. The van der Waals surface area contributed by atoms with Crippen LogP contribution in [0.2, 0.25) is 10.0 Å². The minimum Gasteiger partial charge on any atom is -0.340 e. The van der Waals surface area contributed by atoms with Crippen LogP contribution in [0.15, 0.2) is 60.2 Å². The van der Waals surface area contributed by atoms with Crippen molar-refractivity contribution >= 4 is 56.3 Å². The van der Waals surface area contributed by atoms with E-state index in [2.05, 4.69) is 20.7 Å². The van der Waals surface area contributed by atoms with Crippen LogP contribution in [0.5, 0.6) is 0 Å². The first kappa shape index (κ1) is 15.4. The van der Waals surface area contributed by atoms with Crippen LogP contribution in [0.3, 0.4) is 0 Å². The third-order valence-electron chi connectivity index (χ3n) is 3.61. The first-order chi connectivity index (χ1) is 11.7. The van der Waals surface area contributed by atoms with Gasteiger partial charge in [-0.05, 0) is 35.9 Å². The van der Waals surface area contributed by atoms with Crippen LogP contribution in [0.1, 0.15) is 0 Å². The molecular weight excluding hydrogens is 361 g/mol. The molecule has 0 radical (unpaired) electrons. The van der Waals surface area contributed by atoms with Crippen molar-refractivity contribution in [1.29, 1.82) is 0 Å².